The second-order valence-electron chi connectivity index (χ2n) is 5.77. The summed E-state index contributed by atoms with van der Waals surface area (Å²) >= 11 is 0. The van der Waals surface area contributed by atoms with Crippen LogP contribution in [0.2, 0.25) is 0 Å². The molecule has 0 spiro atoms. The average molecular weight is 403 g/mol. The van der Waals surface area contributed by atoms with Crippen molar-refractivity contribution in [2.45, 2.75) is 6.42 Å². The first-order valence-corrected chi connectivity index (χ1v) is 9.07. The number of anilines is 2. The van der Waals surface area contributed by atoms with Crippen molar-refractivity contribution in [3.05, 3.63) is 42.0 Å². The highest BCUT2D eigenvalue weighted by Gasteiger charge is 2.14. The summed E-state index contributed by atoms with van der Waals surface area (Å²) in [5.41, 5.74) is 6.00. The van der Waals surface area contributed by atoms with Crippen LogP contribution in [0, 0.1) is 0 Å². The Morgan fingerprint density at radius 2 is 1.72 bits per heavy atom. The molecule has 0 aliphatic carbocycles. The predicted octanol–water partition coefficient (Wildman–Crippen LogP) is 1.06. The van der Waals surface area contributed by atoms with Gasteiger partial charge in [0, 0.05) is 12.6 Å². The lowest BCUT2D eigenvalue weighted by Gasteiger charge is -2.11. The molecule has 0 radical (unpaired) electrons. The summed E-state index contributed by atoms with van der Waals surface area (Å²) in [6.07, 6.45) is 0.150. The van der Waals surface area contributed by atoms with Crippen molar-refractivity contribution in [2.75, 3.05) is 50.7 Å². The molecule has 0 bridgehead atoms. The van der Waals surface area contributed by atoms with E-state index in [2.05, 4.69) is 20.8 Å². The average Bonchev–Trinajstić information content (AvgIpc) is 2.74. The molecule has 0 aliphatic rings. The van der Waals surface area contributed by atoms with Gasteiger partial charge < -0.3 is 30.6 Å². The number of aromatic nitrogens is 2. The number of benzene rings is 1. The number of carbonyl (C=O) groups excluding carboxylic acids is 2. The lowest BCUT2D eigenvalue weighted by Crippen LogP contribution is -2.20. The third-order valence-electron chi connectivity index (χ3n) is 3.64. The minimum absolute atomic E-state index is 0.150. The van der Waals surface area contributed by atoms with Crippen molar-refractivity contribution in [3.8, 4) is 5.88 Å². The van der Waals surface area contributed by atoms with Crippen LogP contribution in [0.15, 0.2) is 36.4 Å². The zero-order chi connectivity index (χ0) is 20.9. The highest BCUT2D eigenvalue weighted by atomic mass is 16.5. The summed E-state index contributed by atoms with van der Waals surface area (Å²) in [5, 5.41) is 13.0. The van der Waals surface area contributed by atoms with Gasteiger partial charge in [0.25, 0.3) is 5.91 Å². The number of carbonyl (C=O) groups is 2. The van der Waals surface area contributed by atoms with Crippen molar-refractivity contribution in [1.82, 2.24) is 10.2 Å². The lowest BCUT2D eigenvalue weighted by molar-refractivity contribution is -0.117. The molecular weight excluding hydrogens is 378 g/mol. The first kappa shape index (κ1) is 22.2. The molecule has 1 heterocycles. The third kappa shape index (κ3) is 7.82. The molecule has 29 heavy (non-hydrogen) atoms. The van der Waals surface area contributed by atoms with Gasteiger partial charge in [0.05, 0.1) is 51.2 Å². The van der Waals surface area contributed by atoms with Crippen molar-refractivity contribution in [1.29, 1.82) is 0 Å². The van der Waals surface area contributed by atoms with Gasteiger partial charge in [-0.3, -0.25) is 9.59 Å². The van der Waals surface area contributed by atoms with Crippen LogP contribution in [0.3, 0.4) is 0 Å². The predicted molar refractivity (Wildman–Crippen MR) is 107 cm³/mol. The zero-order valence-electron chi connectivity index (χ0n) is 16.2. The molecule has 10 nitrogen and oxygen atoms in total. The van der Waals surface area contributed by atoms with Crippen LogP contribution >= 0.6 is 0 Å². The van der Waals surface area contributed by atoms with Crippen molar-refractivity contribution < 1.29 is 23.8 Å². The Labute approximate surface area is 168 Å². The Morgan fingerprint density at radius 3 is 2.41 bits per heavy atom. The Hall–Kier alpha value is -3.08. The Morgan fingerprint density at radius 1 is 0.966 bits per heavy atom. The summed E-state index contributed by atoms with van der Waals surface area (Å²) in [5.74, 6) is -0.0861. The van der Waals surface area contributed by atoms with E-state index in [1.807, 2.05) is 0 Å². The van der Waals surface area contributed by atoms with E-state index in [-0.39, 0.29) is 24.8 Å². The second-order valence-corrected chi connectivity index (χ2v) is 5.77. The number of amides is 2. The van der Waals surface area contributed by atoms with Gasteiger partial charge in [-0.15, -0.1) is 10.2 Å². The van der Waals surface area contributed by atoms with E-state index in [1.54, 1.807) is 36.4 Å². The summed E-state index contributed by atoms with van der Waals surface area (Å²) in [7, 11) is 1.47. The SMILES string of the molecule is COc1ccc(NC(=O)c2ccccc2NC(=O)CCOCCOCCN)nn1. The van der Waals surface area contributed by atoms with Crippen LogP contribution in [0.4, 0.5) is 11.5 Å². The molecule has 0 saturated heterocycles. The zero-order valence-corrected chi connectivity index (χ0v) is 16.2. The molecular formula is C19H25N5O5. The van der Waals surface area contributed by atoms with E-state index in [1.165, 1.54) is 7.11 Å². The standard InChI is InChI=1S/C19H25N5O5/c1-27-18-7-6-16(23-24-18)22-19(26)14-4-2-3-5-15(14)21-17(25)8-10-28-12-13-29-11-9-20/h2-7H,8-13,20H2,1H3,(H,21,25)(H,22,23,26). The maximum Gasteiger partial charge on any atom is 0.258 e. The van der Waals surface area contributed by atoms with Crippen LogP contribution in [0.1, 0.15) is 16.8 Å². The second kappa shape index (κ2) is 12.4. The molecule has 2 aromatic rings. The van der Waals surface area contributed by atoms with E-state index in [4.69, 9.17) is 19.9 Å². The highest BCUT2D eigenvalue weighted by Crippen LogP contribution is 2.17. The largest absolute Gasteiger partial charge is 0.480 e. The minimum atomic E-state index is -0.423. The Kier molecular flexibility index (Phi) is 9.49. The van der Waals surface area contributed by atoms with E-state index in [9.17, 15) is 9.59 Å². The fourth-order valence-electron chi connectivity index (χ4n) is 2.25. The summed E-state index contributed by atoms with van der Waals surface area (Å²) in [4.78, 5) is 24.7. The molecule has 0 aliphatic heterocycles. The number of hydrogen-bond acceptors (Lipinski definition) is 8. The number of rotatable bonds is 12. The fourth-order valence-corrected chi connectivity index (χ4v) is 2.25. The molecule has 0 saturated carbocycles. The smallest absolute Gasteiger partial charge is 0.258 e. The normalized spacial score (nSPS) is 10.4. The van der Waals surface area contributed by atoms with Crippen molar-refractivity contribution in [2.24, 2.45) is 5.73 Å². The van der Waals surface area contributed by atoms with Gasteiger partial charge in [-0.05, 0) is 18.2 Å². The number of hydrogen-bond donors (Lipinski definition) is 3. The van der Waals surface area contributed by atoms with Gasteiger partial charge >= 0.3 is 0 Å². The molecule has 4 N–H and O–H groups in total. The first-order chi connectivity index (χ1) is 14.1. The van der Waals surface area contributed by atoms with Gasteiger partial charge in [0.1, 0.15) is 0 Å². The molecule has 156 valence electrons. The van der Waals surface area contributed by atoms with Gasteiger partial charge in [-0.1, -0.05) is 12.1 Å². The van der Waals surface area contributed by atoms with E-state index >= 15 is 0 Å². The number of para-hydroxylation sites is 1. The van der Waals surface area contributed by atoms with Gasteiger partial charge in [0.15, 0.2) is 5.82 Å². The topological polar surface area (TPSA) is 138 Å². The summed E-state index contributed by atoms with van der Waals surface area (Å²) < 4.78 is 15.4. The molecule has 0 fully saturated rings. The number of ether oxygens (including phenoxy) is 3. The Bertz CT molecular complexity index is 785. The molecule has 2 amide bonds. The number of methoxy groups -OCH3 is 1. The fraction of sp³-hybridized carbons (Fsp3) is 0.368. The third-order valence-corrected chi connectivity index (χ3v) is 3.64. The van der Waals surface area contributed by atoms with E-state index in [0.717, 1.165) is 0 Å². The minimum Gasteiger partial charge on any atom is -0.480 e. The maximum atomic E-state index is 12.5. The number of nitrogens with zero attached hydrogens (tertiary/aromatic N) is 2. The highest BCUT2D eigenvalue weighted by molar-refractivity contribution is 6.09. The van der Waals surface area contributed by atoms with Crippen LogP contribution < -0.4 is 21.1 Å². The molecule has 0 unspecified atom stereocenters. The number of nitrogens with two attached hydrogens (primary N) is 1. The van der Waals surface area contributed by atoms with Crippen LogP contribution in [-0.2, 0) is 14.3 Å². The van der Waals surface area contributed by atoms with E-state index in [0.29, 0.717) is 43.5 Å². The van der Waals surface area contributed by atoms with Gasteiger partial charge in [-0.2, -0.15) is 0 Å². The van der Waals surface area contributed by atoms with E-state index < -0.39 is 5.91 Å². The maximum absolute atomic E-state index is 12.5. The van der Waals surface area contributed by atoms with Crippen molar-refractivity contribution in [3.63, 3.8) is 0 Å². The van der Waals surface area contributed by atoms with Crippen LogP contribution in [0.25, 0.3) is 0 Å². The molecule has 0 atom stereocenters. The summed E-state index contributed by atoms with van der Waals surface area (Å²) in [6.45, 7) is 1.99. The molecule has 10 heteroatoms. The lowest BCUT2D eigenvalue weighted by atomic mass is 10.1. The molecule has 1 aromatic heterocycles. The quantitative estimate of drug-likeness (QED) is 0.447. The Balaban J connectivity index is 1.85. The first-order valence-electron chi connectivity index (χ1n) is 9.07. The molecule has 1 aromatic carbocycles. The van der Waals surface area contributed by atoms with Gasteiger partial charge in [-0.25, -0.2) is 0 Å². The molecule has 2 rings (SSSR count). The monoisotopic (exact) mass is 403 g/mol. The summed E-state index contributed by atoms with van der Waals surface area (Å²) in [6, 6.07) is 9.83. The van der Waals surface area contributed by atoms with Crippen LogP contribution in [-0.4, -0.2) is 62.1 Å². The van der Waals surface area contributed by atoms with Gasteiger partial charge in [0.2, 0.25) is 11.8 Å². The van der Waals surface area contributed by atoms with Crippen LogP contribution in [0.5, 0.6) is 5.88 Å². The number of nitrogens with one attached hydrogen (secondary N) is 2. The van der Waals surface area contributed by atoms with Crippen molar-refractivity contribution >= 4 is 23.3 Å².